The van der Waals surface area contributed by atoms with Crippen molar-refractivity contribution in [1.82, 2.24) is 5.32 Å². The van der Waals surface area contributed by atoms with Gasteiger partial charge in [-0.3, -0.25) is 0 Å². The van der Waals surface area contributed by atoms with E-state index in [4.69, 9.17) is 4.74 Å². The van der Waals surface area contributed by atoms with Gasteiger partial charge in [-0.15, -0.1) is 0 Å². The summed E-state index contributed by atoms with van der Waals surface area (Å²) in [6, 6.07) is 3.59. The lowest BCUT2D eigenvalue weighted by Crippen LogP contribution is -2.29. The number of piperidine rings is 1. The molecule has 0 spiro atoms. The zero-order valence-electron chi connectivity index (χ0n) is 8.22. The van der Waals surface area contributed by atoms with Crippen molar-refractivity contribution in [2.45, 2.75) is 12.8 Å². The Kier molecular flexibility index (Phi) is 3.16. The van der Waals surface area contributed by atoms with Crippen LogP contribution >= 0.6 is 0 Å². The molecule has 1 aliphatic rings. The molecule has 1 N–H and O–H groups in total. The number of benzene rings is 1. The maximum absolute atomic E-state index is 12.9. The molecule has 1 aliphatic heterocycles. The summed E-state index contributed by atoms with van der Waals surface area (Å²) in [5.74, 6) is -1.36. The summed E-state index contributed by atoms with van der Waals surface area (Å²) < 4.78 is 30.9. The highest BCUT2D eigenvalue weighted by Gasteiger charge is 2.16. The molecule has 0 aromatic heterocycles. The SMILES string of the molecule is Fc1ccc(O[C]2CCNCC2)cc1F. The van der Waals surface area contributed by atoms with Gasteiger partial charge in [0.25, 0.3) is 0 Å². The highest BCUT2D eigenvalue weighted by atomic mass is 19.2. The molecule has 0 atom stereocenters. The van der Waals surface area contributed by atoms with Crippen LogP contribution in [0.4, 0.5) is 8.78 Å². The van der Waals surface area contributed by atoms with Crippen LogP contribution in [0.25, 0.3) is 0 Å². The van der Waals surface area contributed by atoms with E-state index in [1.54, 1.807) is 0 Å². The molecule has 1 fully saturated rings. The molecule has 0 aliphatic carbocycles. The fourth-order valence-electron chi connectivity index (χ4n) is 1.51. The van der Waals surface area contributed by atoms with E-state index in [2.05, 4.69) is 5.32 Å². The molecule has 15 heavy (non-hydrogen) atoms. The van der Waals surface area contributed by atoms with Gasteiger partial charge >= 0.3 is 0 Å². The molecule has 1 aromatic rings. The number of nitrogens with one attached hydrogen (secondary N) is 1. The predicted octanol–water partition coefficient (Wildman–Crippen LogP) is 2.26. The molecule has 2 rings (SSSR count). The highest BCUT2D eigenvalue weighted by molar-refractivity contribution is 5.24. The minimum absolute atomic E-state index is 0.366. The second kappa shape index (κ2) is 4.57. The second-order valence-electron chi connectivity index (χ2n) is 3.47. The summed E-state index contributed by atoms with van der Waals surface area (Å²) in [6.07, 6.45) is 2.55. The van der Waals surface area contributed by atoms with Gasteiger partial charge in [0.1, 0.15) is 5.75 Å². The Morgan fingerprint density at radius 1 is 1.07 bits per heavy atom. The van der Waals surface area contributed by atoms with E-state index in [1.807, 2.05) is 0 Å². The number of hydrogen-bond acceptors (Lipinski definition) is 2. The first-order valence-electron chi connectivity index (χ1n) is 4.94. The lowest BCUT2D eigenvalue weighted by molar-refractivity contribution is 0.265. The predicted molar refractivity (Wildman–Crippen MR) is 52.3 cm³/mol. The Bertz CT molecular complexity index is 337. The molecule has 1 saturated heterocycles. The molecule has 0 bridgehead atoms. The van der Waals surface area contributed by atoms with Crippen molar-refractivity contribution in [3.05, 3.63) is 35.9 Å². The van der Waals surface area contributed by atoms with Crippen LogP contribution in [0.2, 0.25) is 0 Å². The number of hydrogen-bond donors (Lipinski definition) is 1. The largest absolute Gasteiger partial charge is 0.483 e. The summed E-state index contributed by atoms with van der Waals surface area (Å²) in [5.41, 5.74) is 0. The van der Waals surface area contributed by atoms with Crippen LogP contribution in [-0.4, -0.2) is 13.1 Å². The summed E-state index contributed by atoms with van der Waals surface area (Å²) in [5, 5.41) is 3.19. The molecule has 1 heterocycles. The van der Waals surface area contributed by atoms with Gasteiger partial charge in [0.05, 0.1) is 0 Å². The van der Waals surface area contributed by atoms with Crippen LogP contribution in [0.1, 0.15) is 12.8 Å². The first kappa shape index (κ1) is 10.4. The zero-order chi connectivity index (χ0) is 10.7. The fraction of sp³-hybridized carbons (Fsp3) is 0.364. The average Bonchev–Trinajstić information content (AvgIpc) is 2.25. The van der Waals surface area contributed by atoms with Gasteiger partial charge in [-0.2, -0.15) is 0 Å². The first-order chi connectivity index (χ1) is 7.25. The Labute approximate surface area is 87.2 Å². The van der Waals surface area contributed by atoms with Crippen molar-refractivity contribution in [2.75, 3.05) is 13.1 Å². The van der Waals surface area contributed by atoms with Crippen LogP contribution in [0.3, 0.4) is 0 Å². The zero-order valence-corrected chi connectivity index (χ0v) is 8.22. The van der Waals surface area contributed by atoms with Crippen LogP contribution < -0.4 is 10.1 Å². The van der Waals surface area contributed by atoms with Crippen molar-refractivity contribution >= 4 is 0 Å². The van der Waals surface area contributed by atoms with E-state index >= 15 is 0 Å². The van der Waals surface area contributed by atoms with Crippen LogP contribution in [0, 0.1) is 17.7 Å². The van der Waals surface area contributed by atoms with Gasteiger partial charge in [-0.05, 0) is 25.2 Å². The van der Waals surface area contributed by atoms with Gasteiger partial charge in [0.15, 0.2) is 17.7 Å². The quantitative estimate of drug-likeness (QED) is 0.811. The molecule has 0 amide bonds. The molecule has 81 valence electrons. The minimum Gasteiger partial charge on any atom is -0.483 e. The molecule has 4 heteroatoms. The smallest absolute Gasteiger partial charge is 0.162 e. The van der Waals surface area contributed by atoms with Gasteiger partial charge in [0.2, 0.25) is 0 Å². The summed E-state index contributed by atoms with van der Waals surface area (Å²) in [6.45, 7) is 1.75. The van der Waals surface area contributed by atoms with Crippen LogP contribution in [-0.2, 0) is 0 Å². The first-order valence-corrected chi connectivity index (χ1v) is 4.94. The Morgan fingerprint density at radius 2 is 1.80 bits per heavy atom. The van der Waals surface area contributed by atoms with E-state index in [0.717, 1.165) is 44.2 Å². The van der Waals surface area contributed by atoms with Gasteiger partial charge in [-0.1, -0.05) is 0 Å². The van der Waals surface area contributed by atoms with Crippen molar-refractivity contribution in [3.8, 4) is 5.75 Å². The summed E-state index contributed by atoms with van der Waals surface area (Å²) >= 11 is 0. The van der Waals surface area contributed by atoms with Crippen molar-refractivity contribution in [1.29, 1.82) is 0 Å². The van der Waals surface area contributed by atoms with Crippen molar-refractivity contribution in [2.24, 2.45) is 0 Å². The lowest BCUT2D eigenvalue weighted by atomic mass is 10.1. The molecule has 0 saturated carbocycles. The van der Waals surface area contributed by atoms with Crippen LogP contribution in [0.5, 0.6) is 5.75 Å². The Balaban J connectivity index is 2.00. The van der Waals surface area contributed by atoms with E-state index in [-0.39, 0.29) is 0 Å². The standard InChI is InChI=1S/C11H12F2NO/c12-10-2-1-9(7-11(10)13)15-8-3-5-14-6-4-8/h1-2,7,14H,3-6H2. The third-order valence-corrected chi connectivity index (χ3v) is 2.31. The monoisotopic (exact) mass is 212 g/mol. The molecule has 1 radical (unpaired) electrons. The maximum Gasteiger partial charge on any atom is 0.162 e. The third-order valence-electron chi connectivity index (χ3n) is 2.31. The number of halogens is 2. The normalized spacial score (nSPS) is 17.7. The van der Waals surface area contributed by atoms with Crippen molar-refractivity contribution in [3.63, 3.8) is 0 Å². The summed E-state index contributed by atoms with van der Waals surface area (Å²) in [4.78, 5) is 0. The maximum atomic E-state index is 12.9. The van der Waals surface area contributed by atoms with E-state index in [9.17, 15) is 8.78 Å². The van der Waals surface area contributed by atoms with E-state index in [0.29, 0.717) is 5.75 Å². The van der Waals surface area contributed by atoms with E-state index in [1.165, 1.54) is 6.07 Å². The molecule has 2 nitrogen and oxygen atoms in total. The second-order valence-corrected chi connectivity index (χ2v) is 3.47. The molecular formula is C11H12F2NO. The topological polar surface area (TPSA) is 21.3 Å². The van der Waals surface area contributed by atoms with Gasteiger partial charge < -0.3 is 10.1 Å². The Hall–Kier alpha value is -1.16. The van der Waals surface area contributed by atoms with Crippen LogP contribution in [0.15, 0.2) is 18.2 Å². The Morgan fingerprint density at radius 3 is 2.47 bits per heavy atom. The fourth-order valence-corrected chi connectivity index (χ4v) is 1.51. The molecule has 1 aromatic carbocycles. The highest BCUT2D eigenvalue weighted by Crippen LogP contribution is 2.22. The van der Waals surface area contributed by atoms with Crippen molar-refractivity contribution < 1.29 is 13.5 Å². The molecular weight excluding hydrogens is 200 g/mol. The summed E-state index contributed by atoms with van der Waals surface area (Å²) in [7, 11) is 0. The van der Waals surface area contributed by atoms with Gasteiger partial charge in [0, 0.05) is 18.9 Å². The number of ether oxygens (including phenoxy) is 1. The molecule has 0 unspecified atom stereocenters. The van der Waals surface area contributed by atoms with E-state index < -0.39 is 11.6 Å². The van der Waals surface area contributed by atoms with Gasteiger partial charge in [-0.25, -0.2) is 8.78 Å². The average molecular weight is 212 g/mol. The number of rotatable bonds is 2. The third kappa shape index (κ3) is 2.65. The lowest BCUT2D eigenvalue weighted by Gasteiger charge is -2.22. The minimum atomic E-state index is -0.873.